The molecule has 0 bridgehead atoms. The van der Waals surface area contributed by atoms with Crippen LogP contribution in [-0.2, 0) is 11.3 Å². The first kappa shape index (κ1) is 20.4. The second-order valence-corrected chi connectivity index (χ2v) is 6.83. The predicted octanol–water partition coefficient (Wildman–Crippen LogP) is 1.64. The van der Waals surface area contributed by atoms with Gasteiger partial charge in [0.05, 0.1) is 18.7 Å². The molecule has 7 heteroatoms. The van der Waals surface area contributed by atoms with Gasteiger partial charge >= 0.3 is 0 Å². The van der Waals surface area contributed by atoms with Gasteiger partial charge < -0.3 is 19.9 Å². The molecule has 2 aromatic carbocycles. The Labute approximate surface area is 170 Å². The lowest BCUT2D eigenvalue weighted by molar-refractivity contribution is -0.132. The van der Waals surface area contributed by atoms with Gasteiger partial charge in [0.1, 0.15) is 12.3 Å². The number of amides is 2. The molecule has 0 unspecified atom stereocenters. The Bertz CT molecular complexity index is 899. The van der Waals surface area contributed by atoms with Crippen molar-refractivity contribution >= 4 is 11.8 Å². The minimum atomic E-state index is -0.249. The standard InChI is InChI=1S/C22H24N4O3/c1-29-20-4-2-3-18(13-20)15-26(16-21(27)25-11-9-24-10-12-25)22(28)19-7-5-17(14-23)6-8-19/h2-8,13,24H,9-12,15-16H2,1H3. The lowest BCUT2D eigenvalue weighted by Crippen LogP contribution is -2.50. The van der Waals surface area contributed by atoms with Crippen LogP contribution in [0.4, 0.5) is 0 Å². The third-order valence-corrected chi connectivity index (χ3v) is 4.85. The van der Waals surface area contributed by atoms with E-state index in [1.165, 1.54) is 0 Å². The molecule has 0 atom stereocenters. The first-order valence-corrected chi connectivity index (χ1v) is 9.51. The zero-order chi connectivity index (χ0) is 20.6. The Hall–Kier alpha value is -3.37. The van der Waals surface area contributed by atoms with E-state index >= 15 is 0 Å². The maximum absolute atomic E-state index is 13.2. The van der Waals surface area contributed by atoms with Crippen LogP contribution < -0.4 is 10.1 Å². The van der Waals surface area contributed by atoms with Gasteiger partial charge in [-0.05, 0) is 42.0 Å². The Morgan fingerprint density at radius 2 is 1.90 bits per heavy atom. The van der Waals surface area contributed by atoms with Crippen molar-refractivity contribution in [3.05, 3.63) is 65.2 Å². The van der Waals surface area contributed by atoms with Crippen molar-refractivity contribution in [2.45, 2.75) is 6.54 Å². The molecule has 1 aliphatic rings. The average molecular weight is 392 g/mol. The Balaban J connectivity index is 1.81. The summed E-state index contributed by atoms with van der Waals surface area (Å²) < 4.78 is 5.27. The fourth-order valence-electron chi connectivity index (χ4n) is 3.24. The summed E-state index contributed by atoms with van der Waals surface area (Å²) in [4.78, 5) is 29.3. The van der Waals surface area contributed by atoms with Crippen molar-refractivity contribution < 1.29 is 14.3 Å². The number of carbonyl (C=O) groups is 2. The Kier molecular flexibility index (Phi) is 6.82. The molecule has 0 spiro atoms. The molecule has 2 amide bonds. The first-order valence-electron chi connectivity index (χ1n) is 9.51. The van der Waals surface area contributed by atoms with E-state index in [4.69, 9.17) is 10.00 Å². The van der Waals surface area contributed by atoms with Gasteiger partial charge in [-0.3, -0.25) is 9.59 Å². The summed E-state index contributed by atoms with van der Waals surface area (Å²) in [7, 11) is 1.59. The van der Waals surface area contributed by atoms with Crippen molar-refractivity contribution in [2.75, 3.05) is 39.8 Å². The van der Waals surface area contributed by atoms with Crippen molar-refractivity contribution in [1.29, 1.82) is 5.26 Å². The molecule has 1 heterocycles. The largest absolute Gasteiger partial charge is 0.497 e. The van der Waals surface area contributed by atoms with E-state index in [1.54, 1.807) is 41.2 Å². The van der Waals surface area contributed by atoms with Crippen LogP contribution in [0.5, 0.6) is 5.75 Å². The second kappa shape index (κ2) is 9.71. The van der Waals surface area contributed by atoms with E-state index in [0.29, 0.717) is 30.0 Å². The molecule has 1 aliphatic heterocycles. The number of piperazine rings is 1. The van der Waals surface area contributed by atoms with Crippen LogP contribution in [0.3, 0.4) is 0 Å². The molecule has 2 aromatic rings. The van der Waals surface area contributed by atoms with Gasteiger partial charge in [-0.1, -0.05) is 12.1 Å². The number of benzene rings is 2. The number of nitrogens with one attached hydrogen (secondary N) is 1. The summed E-state index contributed by atoms with van der Waals surface area (Å²) in [6, 6.07) is 15.9. The van der Waals surface area contributed by atoms with Crippen LogP contribution in [0, 0.1) is 11.3 Å². The van der Waals surface area contributed by atoms with Crippen molar-refractivity contribution in [3.8, 4) is 11.8 Å². The summed E-state index contributed by atoms with van der Waals surface area (Å²) in [5, 5.41) is 12.2. The van der Waals surface area contributed by atoms with Crippen LogP contribution in [-0.4, -0.2) is 61.4 Å². The smallest absolute Gasteiger partial charge is 0.254 e. The molecule has 1 fully saturated rings. The number of hydrogen-bond donors (Lipinski definition) is 1. The molecule has 3 rings (SSSR count). The molecule has 0 saturated carbocycles. The van der Waals surface area contributed by atoms with Crippen LogP contribution in [0.15, 0.2) is 48.5 Å². The fraction of sp³-hybridized carbons (Fsp3) is 0.318. The minimum absolute atomic E-state index is 0.00392. The predicted molar refractivity (Wildman–Crippen MR) is 108 cm³/mol. The molecule has 0 radical (unpaired) electrons. The number of hydrogen-bond acceptors (Lipinski definition) is 5. The molecule has 0 aromatic heterocycles. The van der Waals surface area contributed by atoms with Gasteiger partial charge in [-0.2, -0.15) is 5.26 Å². The van der Waals surface area contributed by atoms with E-state index in [0.717, 1.165) is 18.7 Å². The van der Waals surface area contributed by atoms with Crippen molar-refractivity contribution in [3.63, 3.8) is 0 Å². The lowest BCUT2D eigenvalue weighted by Gasteiger charge is -2.30. The highest BCUT2D eigenvalue weighted by Gasteiger charge is 2.23. The zero-order valence-electron chi connectivity index (χ0n) is 16.4. The van der Waals surface area contributed by atoms with Crippen LogP contribution in [0.1, 0.15) is 21.5 Å². The van der Waals surface area contributed by atoms with E-state index in [1.807, 2.05) is 30.3 Å². The lowest BCUT2D eigenvalue weighted by atomic mass is 10.1. The van der Waals surface area contributed by atoms with Crippen molar-refractivity contribution in [2.24, 2.45) is 0 Å². The monoisotopic (exact) mass is 392 g/mol. The molecular formula is C22H24N4O3. The molecular weight excluding hydrogens is 368 g/mol. The quantitative estimate of drug-likeness (QED) is 0.808. The summed E-state index contributed by atoms with van der Waals surface area (Å²) >= 11 is 0. The van der Waals surface area contributed by atoms with E-state index in [-0.39, 0.29) is 24.9 Å². The maximum atomic E-state index is 13.2. The normalized spacial score (nSPS) is 13.4. The minimum Gasteiger partial charge on any atom is -0.497 e. The number of ether oxygens (including phenoxy) is 1. The van der Waals surface area contributed by atoms with E-state index in [2.05, 4.69) is 5.32 Å². The van der Waals surface area contributed by atoms with Crippen molar-refractivity contribution in [1.82, 2.24) is 15.1 Å². The first-order chi connectivity index (χ1) is 14.1. The summed E-state index contributed by atoms with van der Waals surface area (Å²) in [6.07, 6.45) is 0. The number of carbonyl (C=O) groups excluding carboxylic acids is 2. The maximum Gasteiger partial charge on any atom is 0.254 e. The zero-order valence-corrected chi connectivity index (χ0v) is 16.4. The molecule has 7 nitrogen and oxygen atoms in total. The number of methoxy groups -OCH3 is 1. The summed E-state index contributed by atoms with van der Waals surface area (Å²) in [5.41, 5.74) is 1.80. The average Bonchev–Trinajstić information content (AvgIpc) is 2.79. The molecule has 29 heavy (non-hydrogen) atoms. The van der Waals surface area contributed by atoms with Gasteiger partial charge in [-0.15, -0.1) is 0 Å². The highest BCUT2D eigenvalue weighted by atomic mass is 16.5. The SMILES string of the molecule is COc1cccc(CN(CC(=O)N2CCNCC2)C(=O)c2ccc(C#N)cc2)c1. The Morgan fingerprint density at radius 1 is 1.17 bits per heavy atom. The van der Waals surface area contributed by atoms with E-state index in [9.17, 15) is 9.59 Å². The molecule has 1 saturated heterocycles. The highest BCUT2D eigenvalue weighted by molar-refractivity contribution is 5.96. The van der Waals surface area contributed by atoms with Gasteiger partial charge in [-0.25, -0.2) is 0 Å². The number of nitrogens with zero attached hydrogens (tertiary/aromatic N) is 3. The fourth-order valence-corrected chi connectivity index (χ4v) is 3.24. The van der Waals surface area contributed by atoms with Gasteiger partial charge in [0, 0.05) is 38.3 Å². The van der Waals surface area contributed by atoms with Crippen LogP contribution >= 0.6 is 0 Å². The Morgan fingerprint density at radius 3 is 2.55 bits per heavy atom. The summed E-state index contributed by atoms with van der Waals surface area (Å²) in [6.45, 7) is 3.06. The van der Waals surface area contributed by atoms with Crippen LogP contribution in [0.25, 0.3) is 0 Å². The third kappa shape index (κ3) is 5.33. The van der Waals surface area contributed by atoms with Crippen LogP contribution in [0.2, 0.25) is 0 Å². The number of nitriles is 1. The summed E-state index contributed by atoms with van der Waals surface area (Å²) in [5.74, 6) is 0.374. The van der Waals surface area contributed by atoms with Gasteiger partial charge in [0.2, 0.25) is 5.91 Å². The van der Waals surface area contributed by atoms with Gasteiger partial charge in [0.25, 0.3) is 5.91 Å². The van der Waals surface area contributed by atoms with Gasteiger partial charge in [0.15, 0.2) is 0 Å². The molecule has 150 valence electrons. The molecule has 1 N–H and O–H groups in total. The number of rotatable bonds is 6. The second-order valence-electron chi connectivity index (χ2n) is 6.83. The topological polar surface area (TPSA) is 85.7 Å². The van der Waals surface area contributed by atoms with E-state index < -0.39 is 0 Å². The highest BCUT2D eigenvalue weighted by Crippen LogP contribution is 2.17. The molecule has 0 aliphatic carbocycles. The third-order valence-electron chi connectivity index (χ3n) is 4.85.